The molecule has 0 aromatic heterocycles. The van der Waals surface area contributed by atoms with Crippen LogP contribution in [0.1, 0.15) is 47.9 Å². The Kier molecular flexibility index (Phi) is 3.80. The Morgan fingerprint density at radius 1 is 1.15 bits per heavy atom. The molecule has 0 saturated carbocycles. The highest BCUT2D eigenvalue weighted by Crippen LogP contribution is 2.37. The predicted octanol–water partition coefficient (Wildman–Crippen LogP) is 3.46. The molecular weight excluding hydrogens is 252 g/mol. The van der Waals surface area contributed by atoms with Crippen molar-refractivity contribution in [3.63, 3.8) is 0 Å². The van der Waals surface area contributed by atoms with E-state index in [2.05, 4.69) is 12.1 Å². The van der Waals surface area contributed by atoms with Crippen LogP contribution in [0, 0.1) is 20.8 Å². The van der Waals surface area contributed by atoms with Gasteiger partial charge in [-0.2, -0.15) is 0 Å². The fraction of sp³-hybridized carbons (Fsp3) is 0.412. The number of carbonyl (C=O) groups is 2. The number of hydrogen-bond acceptors (Lipinski definition) is 3. The molecule has 2 rings (SSSR count). The Labute approximate surface area is 119 Å². The van der Waals surface area contributed by atoms with Crippen molar-refractivity contribution in [1.29, 1.82) is 0 Å². The van der Waals surface area contributed by atoms with Gasteiger partial charge in [-0.3, -0.25) is 9.59 Å². The summed E-state index contributed by atoms with van der Waals surface area (Å²) in [5, 5.41) is 10.0. The molecule has 20 heavy (non-hydrogen) atoms. The van der Waals surface area contributed by atoms with Crippen molar-refractivity contribution >= 4 is 11.6 Å². The monoisotopic (exact) mass is 272 g/mol. The van der Waals surface area contributed by atoms with Crippen LogP contribution >= 0.6 is 0 Å². The lowest BCUT2D eigenvalue weighted by Crippen LogP contribution is -2.23. The average Bonchev–Trinajstić information content (AvgIpc) is 2.25. The smallest absolute Gasteiger partial charge is 0.170 e. The van der Waals surface area contributed by atoms with Gasteiger partial charge in [-0.05, 0) is 50.3 Å². The highest BCUT2D eigenvalue weighted by molar-refractivity contribution is 6.20. The first kappa shape index (κ1) is 14.5. The number of aliphatic hydroxyl groups is 1. The number of aliphatic hydroxyl groups excluding tert-OH is 1. The number of ketones is 2. The molecule has 0 unspecified atom stereocenters. The molecule has 1 aromatic rings. The Balaban J connectivity index is 2.44. The van der Waals surface area contributed by atoms with Crippen molar-refractivity contribution in [2.24, 2.45) is 0 Å². The van der Waals surface area contributed by atoms with Crippen LogP contribution in [0.5, 0.6) is 0 Å². The van der Waals surface area contributed by atoms with Crippen LogP contribution in [-0.2, 0) is 9.59 Å². The summed E-state index contributed by atoms with van der Waals surface area (Å²) in [6.07, 6.45) is 0.662. The minimum absolute atomic E-state index is 0.0105. The van der Waals surface area contributed by atoms with Gasteiger partial charge in [0.05, 0.1) is 5.57 Å². The van der Waals surface area contributed by atoms with Crippen LogP contribution in [0.25, 0.3) is 0 Å². The molecular formula is C17H20O3. The second-order valence-electron chi connectivity index (χ2n) is 5.72. The number of aryl methyl sites for hydroxylation is 3. The van der Waals surface area contributed by atoms with E-state index >= 15 is 0 Å². The van der Waals surface area contributed by atoms with E-state index in [4.69, 9.17) is 0 Å². The molecule has 1 aliphatic carbocycles. The molecule has 0 radical (unpaired) electrons. The third kappa shape index (κ3) is 2.53. The minimum Gasteiger partial charge on any atom is -0.511 e. The first-order chi connectivity index (χ1) is 9.31. The zero-order valence-corrected chi connectivity index (χ0v) is 12.4. The normalized spacial score (nSPS) is 19.4. The van der Waals surface area contributed by atoms with Gasteiger partial charge in [0.1, 0.15) is 5.76 Å². The van der Waals surface area contributed by atoms with E-state index in [0.29, 0.717) is 12.8 Å². The molecule has 0 aliphatic heterocycles. The third-order valence-corrected chi connectivity index (χ3v) is 3.94. The summed E-state index contributed by atoms with van der Waals surface area (Å²) in [6, 6.07) is 4.18. The number of carbonyl (C=O) groups excluding carboxylic acids is 2. The van der Waals surface area contributed by atoms with Gasteiger partial charge in [0.2, 0.25) is 0 Å². The minimum atomic E-state index is -0.344. The summed E-state index contributed by atoms with van der Waals surface area (Å²) in [7, 11) is 0. The lowest BCUT2D eigenvalue weighted by molar-refractivity contribution is -0.121. The Morgan fingerprint density at radius 3 is 2.15 bits per heavy atom. The molecule has 0 fully saturated rings. The van der Waals surface area contributed by atoms with Crippen molar-refractivity contribution in [2.75, 3.05) is 0 Å². The van der Waals surface area contributed by atoms with Gasteiger partial charge in [-0.1, -0.05) is 17.7 Å². The third-order valence-electron chi connectivity index (χ3n) is 3.94. The van der Waals surface area contributed by atoms with Crippen molar-refractivity contribution < 1.29 is 14.7 Å². The van der Waals surface area contributed by atoms with Gasteiger partial charge in [0.15, 0.2) is 11.6 Å². The van der Waals surface area contributed by atoms with Crippen molar-refractivity contribution in [3.05, 3.63) is 45.7 Å². The highest BCUT2D eigenvalue weighted by Gasteiger charge is 2.32. The summed E-state index contributed by atoms with van der Waals surface area (Å²) >= 11 is 0. The van der Waals surface area contributed by atoms with Crippen molar-refractivity contribution in [1.82, 2.24) is 0 Å². The van der Waals surface area contributed by atoms with Crippen molar-refractivity contribution in [3.8, 4) is 0 Å². The van der Waals surface area contributed by atoms with Crippen LogP contribution < -0.4 is 0 Å². The molecule has 0 saturated heterocycles. The van der Waals surface area contributed by atoms with E-state index in [1.54, 1.807) is 0 Å². The maximum atomic E-state index is 12.1. The summed E-state index contributed by atoms with van der Waals surface area (Å²) in [5.74, 6) is -0.682. The van der Waals surface area contributed by atoms with Gasteiger partial charge in [-0.25, -0.2) is 0 Å². The second-order valence-corrected chi connectivity index (χ2v) is 5.72. The molecule has 0 spiro atoms. The molecule has 0 heterocycles. The van der Waals surface area contributed by atoms with Crippen LogP contribution in [0.4, 0.5) is 0 Å². The zero-order chi connectivity index (χ0) is 15.0. The van der Waals surface area contributed by atoms with Crippen molar-refractivity contribution in [2.45, 2.75) is 46.5 Å². The van der Waals surface area contributed by atoms with Gasteiger partial charge in [0.25, 0.3) is 0 Å². The summed E-state index contributed by atoms with van der Waals surface area (Å²) in [5.41, 5.74) is 4.58. The molecule has 3 heteroatoms. The number of hydrogen-bond donors (Lipinski definition) is 1. The quantitative estimate of drug-likeness (QED) is 0.839. The fourth-order valence-electron chi connectivity index (χ4n) is 3.33. The average molecular weight is 272 g/mol. The van der Waals surface area contributed by atoms with Crippen LogP contribution in [0.3, 0.4) is 0 Å². The Morgan fingerprint density at radius 2 is 1.70 bits per heavy atom. The molecule has 0 bridgehead atoms. The lowest BCUT2D eigenvalue weighted by Gasteiger charge is -2.26. The number of rotatable bonds is 2. The van der Waals surface area contributed by atoms with E-state index in [1.807, 2.05) is 20.8 Å². The molecule has 1 aliphatic rings. The first-order valence-corrected chi connectivity index (χ1v) is 6.85. The largest absolute Gasteiger partial charge is 0.511 e. The molecule has 1 N–H and O–H groups in total. The van der Waals surface area contributed by atoms with E-state index < -0.39 is 0 Å². The molecule has 1 atom stereocenters. The summed E-state index contributed by atoms with van der Waals surface area (Å²) in [6.45, 7) is 7.43. The van der Waals surface area contributed by atoms with Gasteiger partial charge in [-0.15, -0.1) is 0 Å². The number of benzene rings is 1. The van der Waals surface area contributed by atoms with E-state index in [-0.39, 0.29) is 28.8 Å². The molecule has 1 aromatic carbocycles. The van der Waals surface area contributed by atoms with Crippen LogP contribution in [0.2, 0.25) is 0 Å². The topological polar surface area (TPSA) is 54.4 Å². The van der Waals surface area contributed by atoms with E-state index in [1.165, 1.54) is 12.5 Å². The summed E-state index contributed by atoms with van der Waals surface area (Å²) in [4.78, 5) is 23.5. The van der Waals surface area contributed by atoms with Crippen LogP contribution in [-0.4, -0.2) is 16.7 Å². The molecule has 0 amide bonds. The Bertz CT molecular complexity index is 600. The van der Waals surface area contributed by atoms with E-state index in [0.717, 1.165) is 16.7 Å². The zero-order valence-electron chi connectivity index (χ0n) is 12.4. The summed E-state index contributed by atoms with van der Waals surface area (Å²) < 4.78 is 0. The maximum absolute atomic E-state index is 12.1. The van der Waals surface area contributed by atoms with Crippen LogP contribution in [0.15, 0.2) is 23.5 Å². The predicted molar refractivity (Wildman–Crippen MR) is 78.0 cm³/mol. The van der Waals surface area contributed by atoms with Gasteiger partial charge < -0.3 is 5.11 Å². The lowest BCUT2D eigenvalue weighted by atomic mass is 9.78. The highest BCUT2D eigenvalue weighted by atomic mass is 16.3. The van der Waals surface area contributed by atoms with Gasteiger partial charge >= 0.3 is 0 Å². The fourth-order valence-corrected chi connectivity index (χ4v) is 3.33. The molecule has 106 valence electrons. The van der Waals surface area contributed by atoms with Gasteiger partial charge in [0, 0.05) is 12.8 Å². The Hall–Kier alpha value is -1.90. The maximum Gasteiger partial charge on any atom is 0.170 e. The number of allylic oxidation sites excluding steroid dienone is 2. The molecule has 3 nitrogen and oxygen atoms in total. The SMILES string of the molecule is CC(=O)C1=C(O)C[C@@H](c2c(C)cc(C)cc2C)CC1=O. The van der Waals surface area contributed by atoms with E-state index in [9.17, 15) is 14.7 Å². The second kappa shape index (κ2) is 5.23. The standard InChI is InChI=1S/C17H20O3/c1-9-5-10(2)16(11(3)6-9)13-7-14(19)17(12(4)18)15(20)8-13/h5-6,13,19H,7-8H2,1-4H3/t13-/m1/s1. The number of Topliss-reactive ketones (excluding diaryl/α,β-unsaturated/α-hetero) is 2. The first-order valence-electron chi connectivity index (χ1n) is 6.85.